The molecule has 1 heterocycles. The number of carbonyl (C=O) groups is 1. The fourth-order valence-electron chi connectivity index (χ4n) is 2.82. The van der Waals surface area contributed by atoms with Gasteiger partial charge >= 0.3 is 0 Å². The number of benzene rings is 1. The van der Waals surface area contributed by atoms with Gasteiger partial charge < -0.3 is 10.3 Å². The number of carbonyl (C=O) groups excluding carboxylic acids is 1. The smallest absolute Gasteiger partial charge is 0.235 e. The van der Waals surface area contributed by atoms with Crippen molar-refractivity contribution in [3.63, 3.8) is 0 Å². The van der Waals surface area contributed by atoms with Crippen LogP contribution < -0.4 is 5.32 Å². The van der Waals surface area contributed by atoms with E-state index >= 15 is 0 Å². The van der Waals surface area contributed by atoms with Crippen LogP contribution in [0, 0.1) is 0 Å². The van der Waals surface area contributed by atoms with Gasteiger partial charge in [-0.15, -0.1) is 11.6 Å². The molecule has 1 amide bonds. The van der Waals surface area contributed by atoms with Crippen LogP contribution in [0.3, 0.4) is 0 Å². The van der Waals surface area contributed by atoms with E-state index in [0.717, 1.165) is 12.0 Å². The number of aryl methyl sites for hydroxylation is 2. The molecule has 0 unspecified atom stereocenters. The van der Waals surface area contributed by atoms with Gasteiger partial charge in [0.25, 0.3) is 0 Å². The molecule has 1 aliphatic carbocycles. The van der Waals surface area contributed by atoms with Crippen molar-refractivity contribution >= 4 is 28.4 Å². The van der Waals surface area contributed by atoms with Gasteiger partial charge in [0.2, 0.25) is 5.91 Å². The molecule has 3 nitrogen and oxygen atoms in total. The normalized spacial score (nSPS) is 14.4. The Bertz CT molecular complexity index is 618. The van der Waals surface area contributed by atoms with E-state index in [1.807, 2.05) is 0 Å². The number of aromatic nitrogens is 1. The van der Waals surface area contributed by atoms with E-state index in [2.05, 4.69) is 28.5 Å². The van der Waals surface area contributed by atoms with Gasteiger partial charge in [-0.05, 0) is 42.9 Å². The minimum atomic E-state index is -0.132. The van der Waals surface area contributed by atoms with Crippen LogP contribution in [0.4, 0.5) is 0 Å². The predicted molar refractivity (Wildman–Crippen MR) is 77.5 cm³/mol. The number of aromatic amines is 1. The lowest BCUT2D eigenvalue weighted by Crippen LogP contribution is -2.23. The summed E-state index contributed by atoms with van der Waals surface area (Å²) in [4.78, 5) is 14.7. The third-order valence-corrected chi connectivity index (χ3v) is 4.02. The van der Waals surface area contributed by atoms with E-state index in [4.69, 9.17) is 11.6 Å². The topological polar surface area (TPSA) is 44.9 Å². The zero-order chi connectivity index (χ0) is 13.2. The molecule has 0 atom stereocenters. The molecule has 0 fully saturated rings. The summed E-state index contributed by atoms with van der Waals surface area (Å²) in [5.41, 5.74) is 5.16. The first-order valence-electron chi connectivity index (χ1n) is 6.73. The van der Waals surface area contributed by atoms with Crippen LogP contribution >= 0.6 is 11.6 Å². The van der Waals surface area contributed by atoms with Gasteiger partial charge in [0.1, 0.15) is 5.88 Å². The van der Waals surface area contributed by atoms with Crippen molar-refractivity contribution in [3.8, 4) is 0 Å². The molecule has 2 N–H and O–H groups in total. The quantitative estimate of drug-likeness (QED) is 0.832. The molecule has 2 aromatic rings. The van der Waals surface area contributed by atoms with Gasteiger partial charge in [-0.3, -0.25) is 4.79 Å². The van der Waals surface area contributed by atoms with Crippen molar-refractivity contribution in [1.29, 1.82) is 0 Å². The van der Waals surface area contributed by atoms with Gasteiger partial charge in [-0.25, -0.2) is 0 Å². The van der Waals surface area contributed by atoms with Crippen LogP contribution in [0.15, 0.2) is 18.2 Å². The van der Waals surface area contributed by atoms with Crippen molar-refractivity contribution < 1.29 is 4.79 Å². The number of fused-ring (bicyclic) bond motifs is 3. The molecular formula is C15H17ClN2O. The van der Waals surface area contributed by atoms with Gasteiger partial charge in [-0.2, -0.15) is 0 Å². The third-order valence-electron chi connectivity index (χ3n) is 3.77. The van der Waals surface area contributed by atoms with Gasteiger partial charge in [0.05, 0.1) is 0 Å². The van der Waals surface area contributed by atoms with Gasteiger partial charge in [0, 0.05) is 23.1 Å². The summed E-state index contributed by atoms with van der Waals surface area (Å²) in [6, 6.07) is 6.37. The molecule has 0 radical (unpaired) electrons. The van der Waals surface area contributed by atoms with Crippen LogP contribution in [0.25, 0.3) is 10.9 Å². The number of nitrogens with one attached hydrogen (secondary N) is 2. The Kier molecular flexibility index (Phi) is 3.47. The van der Waals surface area contributed by atoms with Crippen LogP contribution in [0.1, 0.15) is 29.7 Å². The Morgan fingerprint density at radius 3 is 3.00 bits per heavy atom. The highest BCUT2D eigenvalue weighted by Crippen LogP contribution is 2.29. The van der Waals surface area contributed by atoms with Crippen molar-refractivity contribution in [2.24, 2.45) is 0 Å². The standard InChI is InChI=1S/C15H17ClN2O/c16-8-15(19)17-9-10-5-6-12-11-3-1-2-4-13(11)18-14(12)7-10/h5-7,18H,1-4,8-9H2,(H,17,19). The van der Waals surface area contributed by atoms with Crippen LogP contribution in [-0.4, -0.2) is 16.8 Å². The first kappa shape index (κ1) is 12.5. The van der Waals surface area contributed by atoms with Crippen molar-refractivity contribution in [1.82, 2.24) is 10.3 Å². The van der Waals surface area contributed by atoms with E-state index in [9.17, 15) is 4.79 Å². The summed E-state index contributed by atoms with van der Waals surface area (Å²) in [6.07, 6.45) is 4.89. The fourth-order valence-corrected chi connectivity index (χ4v) is 2.91. The Labute approximate surface area is 117 Å². The number of rotatable bonds is 3. The molecule has 19 heavy (non-hydrogen) atoms. The molecule has 0 saturated carbocycles. The molecule has 1 aromatic carbocycles. The maximum atomic E-state index is 11.2. The highest BCUT2D eigenvalue weighted by atomic mass is 35.5. The summed E-state index contributed by atoms with van der Waals surface area (Å²) in [7, 11) is 0. The second-order valence-electron chi connectivity index (χ2n) is 5.08. The highest BCUT2D eigenvalue weighted by molar-refractivity contribution is 6.27. The van der Waals surface area contributed by atoms with E-state index in [-0.39, 0.29) is 11.8 Å². The number of halogens is 1. The van der Waals surface area contributed by atoms with Crippen molar-refractivity contribution in [3.05, 3.63) is 35.0 Å². The monoisotopic (exact) mass is 276 g/mol. The molecule has 4 heteroatoms. The largest absolute Gasteiger partial charge is 0.358 e. The second-order valence-corrected chi connectivity index (χ2v) is 5.35. The lowest BCUT2D eigenvalue weighted by atomic mass is 9.95. The Hall–Kier alpha value is -1.48. The Balaban J connectivity index is 1.87. The first-order chi connectivity index (χ1) is 9.28. The van der Waals surface area contributed by atoms with Gasteiger partial charge in [0.15, 0.2) is 0 Å². The van der Waals surface area contributed by atoms with E-state index < -0.39 is 0 Å². The third kappa shape index (κ3) is 2.47. The summed E-state index contributed by atoms with van der Waals surface area (Å²) < 4.78 is 0. The molecular weight excluding hydrogens is 260 g/mol. The maximum Gasteiger partial charge on any atom is 0.235 e. The van der Waals surface area contributed by atoms with Crippen molar-refractivity contribution in [2.75, 3.05) is 5.88 Å². The first-order valence-corrected chi connectivity index (χ1v) is 7.26. The number of amides is 1. The molecule has 0 spiro atoms. The van der Waals surface area contributed by atoms with E-state index in [1.165, 1.54) is 41.4 Å². The number of alkyl halides is 1. The van der Waals surface area contributed by atoms with Crippen molar-refractivity contribution in [2.45, 2.75) is 32.2 Å². The van der Waals surface area contributed by atoms with E-state index in [0.29, 0.717) is 6.54 Å². The number of hydrogen-bond acceptors (Lipinski definition) is 1. The summed E-state index contributed by atoms with van der Waals surface area (Å²) in [5, 5.41) is 4.13. The van der Waals surface area contributed by atoms with Crippen LogP contribution in [0.5, 0.6) is 0 Å². The number of hydrogen-bond donors (Lipinski definition) is 2. The highest BCUT2D eigenvalue weighted by Gasteiger charge is 2.15. The Morgan fingerprint density at radius 2 is 2.16 bits per heavy atom. The minimum Gasteiger partial charge on any atom is -0.358 e. The molecule has 1 aromatic heterocycles. The average molecular weight is 277 g/mol. The van der Waals surface area contributed by atoms with Crippen LogP contribution in [-0.2, 0) is 24.2 Å². The molecule has 1 aliphatic rings. The van der Waals surface area contributed by atoms with Crippen LogP contribution in [0.2, 0.25) is 0 Å². The minimum absolute atomic E-state index is 0.0129. The molecule has 0 saturated heterocycles. The lowest BCUT2D eigenvalue weighted by molar-refractivity contribution is -0.118. The predicted octanol–water partition coefficient (Wildman–Crippen LogP) is 2.90. The maximum absolute atomic E-state index is 11.2. The average Bonchev–Trinajstić information content (AvgIpc) is 2.82. The zero-order valence-corrected chi connectivity index (χ0v) is 11.5. The Morgan fingerprint density at radius 1 is 1.32 bits per heavy atom. The van der Waals surface area contributed by atoms with E-state index in [1.54, 1.807) is 0 Å². The summed E-state index contributed by atoms with van der Waals surface area (Å²) >= 11 is 5.46. The van der Waals surface area contributed by atoms with Gasteiger partial charge in [-0.1, -0.05) is 12.1 Å². The molecule has 100 valence electrons. The molecule has 0 aliphatic heterocycles. The second kappa shape index (κ2) is 5.25. The zero-order valence-electron chi connectivity index (χ0n) is 10.8. The summed E-state index contributed by atoms with van der Waals surface area (Å²) in [5.74, 6) is -0.119. The fraction of sp³-hybridized carbons (Fsp3) is 0.400. The molecule has 0 bridgehead atoms. The summed E-state index contributed by atoms with van der Waals surface area (Å²) in [6.45, 7) is 0.533. The SMILES string of the molecule is O=C(CCl)NCc1ccc2c3c([nH]c2c1)CCCC3. The number of H-pyrrole nitrogens is 1. The molecule has 3 rings (SSSR count). The lowest BCUT2D eigenvalue weighted by Gasteiger charge is -2.10.